The largest absolute Gasteiger partial charge is 0.505 e. The molecule has 0 aliphatic carbocycles. The number of hydrazone groups is 1. The summed E-state index contributed by atoms with van der Waals surface area (Å²) in [5, 5.41) is 26.1. The lowest BCUT2D eigenvalue weighted by molar-refractivity contribution is 0.280. The average Bonchev–Trinajstić information content (AvgIpc) is 2.41. The Morgan fingerprint density at radius 1 is 1.63 bits per heavy atom. The van der Waals surface area contributed by atoms with E-state index in [9.17, 15) is 10.2 Å². The van der Waals surface area contributed by atoms with Crippen LogP contribution in [0.2, 0.25) is 0 Å². The third kappa shape index (κ3) is 4.31. The molecule has 102 valence electrons. The highest BCUT2D eigenvalue weighted by Gasteiger charge is 2.09. The van der Waals surface area contributed by atoms with Crippen LogP contribution in [0.4, 0.5) is 0 Å². The van der Waals surface area contributed by atoms with Crippen molar-refractivity contribution in [3.8, 4) is 5.75 Å². The van der Waals surface area contributed by atoms with Crippen molar-refractivity contribution in [3.63, 3.8) is 0 Å². The van der Waals surface area contributed by atoms with Gasteiger partial charge in [-0.2, -0.15) is 5.10 Å². The molecule has 0 atom stereocenters. The van der Waals surface area contributed by atoms with Gasteiger partial charge in [-0.15, -0.1) is 6.58 Å². The summed E-state index contributed by atoms with van der Waals surface area (Å²) in [7, 11) is 0. The van der Waals surface area contributed by atoms with Crippen LogP contribution in [0.15, 0.2) is 24.0 Å². The number of nitrogens with zero attached hydrogens (tertiary/aromatic N) is 2. The smallest absolute Gasteiger partial charge is 0.187 e. The van der Waals surface area contributed by atoms with E-state index in [0.717, 1.165) is 0 Å². The molecule has 0 aromatic carbocycles. The summed E-state index contributed by atoms with van der Waals surface area (Å²) in [4.78, 5) is 3.95. The Balaban J connectivity index is 2.78. The van der Waals surface area contributed by atoms with E-state index in [-0.39, 0.29) is 12.4 Å². The topological polar surface area (TPSA) is 89.8 Å². The lowest BCUT2D eigenvalue weighted by atomic mass is 10.1. The van der Waals surface area contributed by atoms with Crippen LogP contribution in [0.5, 0.6) is 5.75 Å². The zero-order valence-corrected chi connectivity index (χ0v) is 11.4. The van der Waals surface area contributed by atoms with Crippen molar-refractivity contribution < 1.29 is 10.2 Å². The quantitative estimate of drug-likeness (QED) is 0.273. The van der Waals surface area contributed by atoms with Gasteiger partial charge in [-0.1, -0.05) is 6.08 Å². The molecule has 6 nitrogen and oxygen atoms in total. The van der Waals surface area contributed by atoms with E-state index in [1.165, 1.54) is 12.4 Å². The second-order valence-electron chi connectivity index (χ2n) is 3.66. The van der Waals surface area contributed by atoms with E-state index < -0.39 is 0 Å². The standard InChI is InChI=1S/C12H16N4O2S/c1-3-4-13-12(19)16-15-6-10-9(7-17)5-14-8(2)11(10)18/h3,5-6,17-18H,1,4,7H2,2H3,(H2,13,16,19)/b15-6+. The van der Waals surface area contributed by atoms with Gasteiger partial charge in [-0.3, -0.25) is 10.4 Å². The van der Waals surface area contributed by atoms with E-state index in [2.05, 4.69) is 27.4 Å². The van der Waals surface area contributed by atoms with E-state index >= 15 is 0 Å². The maximum Gasteiger partial charge on any atom is 0.187 e. The van der Waals surface area contributed by atoms with Crippen molar-refractivity contribution in [2.45, 2.75) is 13.5 Å². The van der Waals surface area contributed by atoms with Crippen molar-refractivity contribution in [2.24, 2.45) is 5.10 Å². The van der Waals surface area contributed by atoms with Gasteiger partial charge in [0.2, 0.25) is 0 Å². The molecule has 0 saturated carbocycles. The minimum absolute atomic E-state index is 0.0120. The number of pyridine rings is 1. The normalized spacial score (nSPS) is 10.4. The molecular weight excluding hydrogens is 264 g/mol. The van der Waals surface area contributed by atoms with Crippen molar-refractivity contribution in [2.75, 3.05) is 6.54 Å². The molecule has 0 fully saturated rings. The summed E-state index contributed by atoms with van der Waals surface area (Å²) < 4.78 is 0. The van der Waals surface area contributed by atoms with Crippen LogP contribution >= 0.6 is 12.2 Å². The van der Waals surface area contributed by atoms with Crippen molar-refractivity contribution >= 4 is 23.5 Å². The second kappa shape index (κ2) is 7.45. The molecule has 1 rings (SSSR count). The minimum Gasteiger partial charge on any atom is -0.505 e. The van der Waals surface area contributed by atoms with Crippen LogP contribution in [0.3, 0.4) is 0 Å². The van der Waals surface area contributed by atoms with Crippen LogP contribution in [0.1, 0.15) is 16.8 Å². The summed E-state index contributed by atoms with van der Waals surface area (Å²) in [5.41, 5.74) is 3.95. The summed E-state index contributed by atoms with van der Waals surface area (Å²) in [6, 6.07) is 0. The van der Waals surface area contributed by atoms with E-state index in [4.69, 9.17) is 12.2 Å². The Bertz CT molecular complexity index is 503. The first kappa shape index (κ1) is 15.1. The fourth-order valence-electron chi connectivity index (χ4n) is 1.28. The van der Waals surface area contributed by atoms with Gasteiger partial charge in [-0.05, 0) is 19.1 Å². The lowest BCUT2D eigenvalue weighted by Crippen LogP contribution is -2.31. The highest BCUT2D eigenvalue weighted by molar-refractivity contribution is 7.80. The van der Waals surface area contributed by atoms with Gasteiger partial charge in [-0.25, -0.2) is 0 Å². The molecule has 19 heavy (non-hydrogen) atoms. The Morgan fingerprint density at radius 3 is 3.00 bits per heavy atom. The number of aromatic hydroxyl groups is 1. The number of aromatic nitrogens is 1. The van der Waals surface area contributed by atoms with Gasteiger partial charge in [0.1, 0.15) is 5.75 Å². The van der Waals surface area contributed by atoms with Crippen LogP contribution in [0, 0.1) is 6.92 Å². The van der Waals surface area contributed by atoms with Crippen molar-refractivity contribution in [1.29, 1.82) is 0 Å². The van der Waals surface area contributed by atoms with Crippen LogP contribution in [-0.2, 0) is 6.61 Å². The zero-order valence-electron chi connectivity index (χ0n) is 10.6. The lowest BCUT2D eigenvalue weighted by Gasteiger charge is -2.07. The summed E-state index contributed by atoms with van der Waals surface area (Å²) in [6.07, 6.45) is 4.54. The van der Waals surface area contributed by atoms with Crippen LogP contribution in [0.25, 0.3) is 0 Å². The molecule has 1 heterocycles. The SMILES string of the molecule is C=CCNC(=S)N/N=C/c1c(CO)cnc(C)c1O. The van der Waals surface area contributed by atoms with E-state index in [1.54, 1.807) is 13.0 Å². The zero-order chi connectivity index (χ0) is 14.3. The first-order valence-electron chi connectivity index (χ1n) is 5.56. The maximum atomic E-state index is 9.86. The number of aliphatic hydroxyl groups is 1. The summed E-state index contributed by atoms with van der Waals surface area (Å²) in [6.45, 7) is 5.51. The molecular formula is C12H16N4O2S. The molecule has 0 saturated heterocycles. The van der Waals surface area contributed by atoms with Gasteiger partial charge < -0.3 is 15.5 Å². The molecule has 1 aromatic heterocycles. The first-order valence-corrected chi connectivity index (χ1v) is 5.97. The fourth-order valence-corrected chi connectivity index (χ4v) is 1.42. The molecule has 0 bridgehead atoms. The Kier molecular flexibility index (Phi) is 5.91. The fraction of sp³-hybridized carbons (Fsp3) is 0.250. The maximum absolute atomic E-state index is 9.86. The average molecular weight is 280 g/mol. The van der Waals surface area contributed by atoms with E-state index in [1.807, 2.05) is 0 Å². The molecule has 0 aliphatic heterocycles. The third-order valence-corrected chi connectivity index (χ3v) is 2.53. The number of rotatable bonds is 5. The Hall–Kier alpha value is -1.99. The molecule has 0 unspecified atom stereocenters. The number of aliphatic hydroxyl groups excluding tert-OH is 1. The number of hydrogen-bond acceptors (Lipinski definition) is 5. The molecule has 0 amide bonds. The summed E-state index contributed by atoms with van der Waals surface area (Å²) >= 11 is 4.95. The molecule has 0 radical (unpaired) electrons. The number of aryl methyl sites for hydroxylation is 1. The number of thiocarbonyl (C=S) groups is 1. The number of hydrogen-bond donors (Lipinski definition) is 4. The molecule has 0 aliphatic rings. The predicted octanol–water partition coefficient (Wildman–Crippen LogP) is 0.572. The van der Waals surface area contributed by atoms with Crippen molar-refractivity contribution in [1.82, 2.24) is 15.7 Å². The molecule has 1 aromatic rings. The highest BCUT2D eigenvalue weighted by atomic mass is 32.1. The van der Waals surface area contributed by atoms with Gasteiger partial charge in [0, 0.05) is 23.9 Å². The Labute approximate surface area is 116 Å². The first-order chi connectivity index (χ1) is 9.10. The van der Waals surface area contributed by atoms with Crippen molar-refractivity contribution in [3.05, 3.63) is 35.7 Å². The molecule has 4 N–H and O–H groups in total. The third-order valence-electron chi connectivity index (χ3n) is 2.29. The van der Waals surface area contributed by atoms with Crippen LogP contribution in [-0.4, -0.2) is 33.1 Å². The van der Waals surface area contributed by atoms with Gasteiger partial charge in [0.25, 0.3) is 0 Å². The molecule has 7 heteroatoms. The monoisotopic (exact) mass is 280 g/mol. The predicted molar refractivity (Wildman–Crippen MR) is 78.1 cm³/mol. The highest BCUT2D eigenvalue weighted by Crippen LogP contribution is 2.21. The van der Waals surface area contributed by atoms with Gasteiger partial charge >= 0.3 is 0 Å². The van der Waals surface area contributed by atoms with Crippen LogP contribution < -0.4 is 10.7 Å². The van der Waals surface area contributed by atoms with Gasteiger partial charge in [0.05, 0.1) is 18.5 Å². The Morgan fingerprint density at radius 2 is 2.37 bits per heavy atom. The number of nitrogens with one attached hydrogen (secondary N) is 2. The van der Waals surface area contributed by atoms with Gasteiger partial charge in [0.15, 0.2) is 5.11 Å². The summed E-state index contributed by atoms with van der Waals surface area (Å²) in [5.74, 6) is -0.0120. The molecule has 0 spiro atoms. The minimum atomic E-state index is -0.235. The van der Waals surface area contributed by atoms with E-state index in [0.29, 0.717) is 28.5 Å². The second-order valence-corrected chi connectivity index (χ2v) is 4.07.